The molecule has 0 bridgehead atoms. The van der Waals surface area contributed by atoms with E-state index in [1.807, 2.05) is 37.3 Å². The molecule has 3 atom stereocenters. The number of aliphatic hydroxyl groups excluding tert-OH is 1. The monoisotopic (exact) mass is 249 g/mol. The van der Waals surface area contributed by atoms with E-state index in [2.05, 4.69) is 5.32 Å². The van der Waals surface area contributed by atoms with Crippen LogP contribution in [0.4, 0.5) is 0 Å². The maximum atomic E-state index is 11.9. The van der Waals surface area contributed by atoms with Crippen LogP contribution in [0, 0.1) is 0 Å². The van der Waals surface area contributed by atoms with Gasteiger partial charge < -0.3 is 15.2 Å². The zero-order valence-electron chi connectivity index (χ0n) is 10.5. The van der Waals surface area contributed by atoms with Crippen molar-refractivity contribution in [2.24, 2.45) is 0 Å². The summed E-state index contributed by atoms with van der Waals surface area (Å²) >= 11 is 0. The molecule has 1 saturated heterocycles. The molecule has 1 aromatic rings. The zero-order valence-corrected chi connectivity index (χ0v) is 10.5. The number of benzene rings is 1. The number of nitrogens with one attached hydrogen (secondary N) is 1. The minimum absolute atomic E-state index is 0.142. The van der Waals surface area contributed by atoms with E-state index in [1.165, 1.54) is 0 Å². The highest BCUT2D eigenvalue weighted by Gasteiger charge is 2.30. The van der Waals surface area contributed by atoms with Gasteiger partial charge in [-0.2, -0.15) is 0 Å². The Morgan fingerprint density at radius 1 is 1.39 bits per heavy atom. The normalized spacial score (nSPS) is 27.8. The molecule has 1 heterocycles. The Hall–Kier alpha value is -1.39. The maximum absolute atomic E-state index is 11.9. The molecule has 1 fully saturated rings. The molecule has 0 spiro atoms. The lowest BCUT2D eigenvalue weighted by atomic mass is 9.97. The van der Waals surface area contributed by atoms with Gasteiger partial charge in [0.05, 0.1) is 6.10 Å². The van der Waals surface area contributed by atoms with Crippen molar-refractivity contribution in [2.45, 2.75) is 44.6 Å². The molecule has 18 heavy (non-hydrogen) atoms. The molecule has 2 N–H and O–H groups in total. The van der Waals surface area contributed by atoms with Gasteiger partial charge in [0.25, 0.3) is 0 Å². The molecule has 98 valence electrons. The first kappa shape index (κ1) is 13.1. The molecule has 0 saturated carbocycles. The minimum atomic E-state index is -0.421. The molecule has 1 aromatic carbocycles. The lowest BCUT2D eigenvalue weighted by Gasteiger charge is -2.30. The minimum Gasteiger partial charge on any atom is -0.460 e. The van der Waals surface area contributed by atoms with Crippen molar-refractivity contribution >= 4 is 5.97 Å². The van der Waals surface area contributed by atoms with Crippen LogP contribution in [0.2, 0.25) is 0 Å². The molecule has 0 amide bonds. The second kappa shape index (κ2) is 5.98. The summed E-state index contributed by atoms with van der Waals surface area (Å²) in [7, 11) is 0. The summed E-state index contributed by atoms with van der Waals surface area (Å²) in [4.78, 5) is 11.9. The smallest absolute Gasteiger partial charge is 0.323 e. The highest BCUT2D eigenvalue weighted by atomic mass is 16.5. The Bertz CT molecular complexity index is 383. The van der Waals surface area contributed by atoms with Crippen LogP contribution in [-0.2, 0) is 16.1 Å². The van der Waals surface area contributed by atoms with Crippen molar-refractivity contribution in [1.29, 1.82) is 0 Å². The molecule has 1 aliphatic heterocycles. The fourth-order valence-corrected chi connectivity index (χ4v) is 2.25. The molecule has 4 heteroatoms. The van der Waals surface area contributed by atoms with Gasteiger partial charge >= 0.3 is 5.97 Å². The van der Waals surface area contributed by atoms with E-state index < -0.39 is 12.1 Å². The molecule has 0 aromatic heterocycles. The molecule has 1 aliphatic rings. The fourth-order valence-electron chi connectivity index (χ4n) is 2.25. The Morgan fingerprint density at radius 3 is 2.78 bits per heavy atom. The molecule has 0 radical (unpaired) electrons. The van der Waals surface area contributed by atoms with Gasteiger partial charge in [-0.3, -0.25) is 4.79 Å². The molecule has 2 rings (SSSR count). The fraction of sp³-hybridized carbons (Fsp3) is 0.500. The Labute approximate surface area is 107 Å². The second-order valence-electron chi connectivity index (χ2n) is 4.84. The number of aliphatic hydroxyl groups is 1. The number of esters is 1. The lowest BCUT2D eigenvalue weighted by molar-refractivity contribution is -0.149. The molecule has 0 aliphatic carbocycles. The Morgan fingerprint density at radius 2 is 2.11 bits per heavy atom. The van der Waals surface area contributed by atoms with Gasteiger partial charge in [-0.05, 0) is 25.3 Å². The predicted octanol–water partition coefficient (Wildman–Crippen LogP) is 1.23. The van der Waals surface area contributed by atoms with E-state index >= 15 is 0 Å². The van der Waals surface area contributed by atoms with E-state index in [0.29, 0.717) is 12.8 Å². The highest BCUT2D eigenvalue weighted by molar-refractivity contribution is 5.76. The zero-order chi connectivity index (χ0) is 13.0. The number of carbonyl (C=O) groups is 1. The molecular formula is C14H19NO3. The summed E-state index contributed by atoms with van der Waals surface area (Å²) < 4.78 is 5.25. The largest absolute Gasteiger partial charge is 0.460 e. The Kier molecular flexibility index (Phi) is 4.33. The van der Waals surface area contributed by atoms with Gasteiger partial charge in [0.2, 0.25) is 0 Å². The average Bonchev–Trinajstić information content (AvgIpc) is 2.36. The summed E-state index contributed by atoms with van der Waals surface area (Å²) in [6.07, 6.45) is 0.691. The van der Waals surface area contributed by atoms with Crippen LogP contribution >= 0.6 is 0 Å². The number of piperidine rings is 1. The third-order valence-electron chi connectivity index (χ3n) is 3.13. The summed E-state index contributed by atoms with van der Waals surface area (Å²) in [5.74, 6) is -0.288. The molecule has 3 unspecified atom stereocenters. The summed E-state index contributed by atoms with van der Waals surface area (Å²) in [6.45, 7) is 2.24. The topological polar surface area (TPSA) is 58.6 Å². The van der Waals surface area contributed by atoms with Crippen molar-refractivity contribution in [3.05, 3.63) is 35.9 Å². The number of ether oxygens (including phenoxy) is 1. The number of rotatable bonds is 3. The third kappa shape index (κ3) is 3.55. The predicted molar refractivity (Wildman–Crippen MR) is 67.9 cm³/mol. The van der Waals surface area contributed by atoms with Crippen LogP contribution in [0.5, 0.6) is 0 Å². The van der Waals surface area contributed by atoms with Crippen molar-refractivity contribution in [2.75, 3.05) is 0 Å². The molecule has 4 nitrogen and oxygen atoms in total. The first-order chi connectivity index (χ1) is 8.65. The van der Waals surface area contributed by atoms with E-state index in [-0.39, 0.29) is 18.6 Å². The summed E-state index contributed by atoms with van der Waals surface area (Å²) in [5, 5.41) is 12.8. The second-order valence-corrected chi connectivity index (χ2v) is 4.84. The van der Waals surface area contributed by atoms with Gasteiger partial charge in [0.15, 0.2) is 0 Å². The number of hydrogen-bond donors (Lipinski definition) is 2. The van der Waals surface area contributed by atoms with Gasteiger partial charge in [0.1, 0.15) is 12.6 Å². The first-order valence-electron chi connectivity index (χ1n) is 6.30. The van der Waals surface area contributed by atoms with Crippen molar-refractivity contribution in [3.8, 4) is 0 Å². The van der Waals surface area contributed by atoms with Gasteiger partial charge in [-0.1, -0.05) is 30.3 Å². The number of hydrogen-bond acceptors (Lipinski definition) is 4. The third-order valence-corrected chi connectivity index (χ3v) is 3.13. The van der Waals surface area contributed by atoms with Crippen molar-refractivity contribution < 1.29 is 14.6 Å². The SMILES string of the molecule is CC1CC(O)CC(C(=O)OCc2ccccc2)N1. The lowest BCUT2D eigenvalue weighted by Crippen LogP contribution is -2.50. The maximum Gasteiger partial charge on any atom is 0.323 e. The van der Waals surface area contributed by atoms with E-state index in [0.717, 1.165) is 5.56 Å². The Balaban J connectivity index is 1.84. The van der Waals surface area contributed by atoms with Crippen LogP contribution in [0.1, 0.15) is 25.3 Å². The summed E-state index contributed by atoms with van der Waals surface area (Å²) in [5.41, 5.74) is 0.968. The van der Waals surface area contributed by atoms with Crippen molar-refractivity contribution in [1.82, 2.24) is 5.32 Å². The number of carbonyl (C=O) groups excluding carboxylic acids is 1. The van der Waals surface area contributed by atoms with Gasteiger partial charge in [-0.25, -0.2) is 0 Å². The molecular weight excluding hydrogens is 230 g/mol. The summed E-state index contributed by atoms with van der Waals surface area (Å²) in [6, 6.07) is 9.32. The van der Waals surface area contributed by atoms with E-state index in [9.17, 15) is 9.90 Å². The first-order valence-corrected chi connectivity index (χ1v) is 6.30. The van der Waals surface area contributed by atoms with Crippen LogP contribution in [0.15, 0.2) is 30.3 Å². The van der Waals surface area contributed by atoms with Crippen LogP contribution < -0.4 is 5.32 Å². The quantitative estimate of drug-likeness (QED) is 0.791. The standard InChI is InChI=1S/C14H19NO3/c1-10-7-12(16)8-13(15-10)14(17)18-9-11-5-3-2-4-6-11/h2-6,10,12-13,15-16H,7-9H2,1H3. The van der Waals surface area contributed by atoms with Crippen LogP contribution in [0.25, 0.3) is 0 Å². The van der Waals surface area contributed by atoms with E-state index in [1.54, 1.807) is 0 Å². The van der Waals surface area contributed by atoms with Crippen molar-refractivity contribution in [3.63, 3.8) is 0 Å². The van der Waals surface area contributed by atoms with Gasteiger partial charge in [-0.15, -0.1) is 0 Å². The average molecular weight is 249 g/mol. The van der Waals surface area contributed by atoms with Gasteiger partial charge in [0, 0.05) is 6.04 Å². The van der Waals surface area contributed by atoms with Crippen LogP contribution in [-0.4, -0.2) is 29.3 Å². The van der Waals surface area contributed by atoms with Crippen LogP contribution in [0.3, 0.4) is 0 Å². The van der Waals surface area contributed by atoms with E-state index in [4.69, 9.17) is 4.74 Å². The highest BCUT2D eigenvalue weighted by Crippen LogP contribution is 2.15.